The quantitative estimate of drug-likeness (QED) is 0.423. The van der Waals surface area contributed by atoms with Crippen molar-refractivity contribution in [1.29, 1.82) is 0 Å². The van der Waals surface area contributed by atoms with Crippen LogP contribution in [0, 0.1) is 5.92 Å². The van der Waals surface area contributed by atoms with Gasteiger partial charge in [-0.25, -0.2) is 12.7 Å². The van der Waals surface area contributed by atoms with Gasteiger partial charge in [-0.15, -0.1) is 0 Å². The van der Waals surface area contributed by atoms with E-state index >= 15 is 0 Å². The van der Waals surface area contributed by atoms with E-state index in [1.165, 1.54) is 29.8 Å². The third-order valence-electron chi connectivity index (χ3n) is 6.51. The number of carbonyl (C=O) groups excluding carboxylic acids is 1. The molecule has 2 aliphatic rings. The molecule has 2 aromatic carbocycles. The van der Waals surface area contributed by atoms with E-state index in [-0.39, 0.29) is 30.7 Å². The predicted molar refractivity (Wildman–Crippen MR) is 140 cm³/mol. The van der Waals surface area contributed by atoms with Crippen molar-refractivity contribution in [3.8, 4) is 17.2 Å². The zero-order chi connectivity index (χ0) is 25.9. The van der Waals surface area contributed by atoms with Crippen LogP contribution in [-0.2, 0) is 14.8 Å². The fourth-order valence-corrected chi connectivity index (χ4v) is 5.78. The number of hydrogen-bond acceptors (Lipinski definition) is 6. The SMILES string of the molecule is COc1cc(N2CC[C@H](Oc3ccc(C4CC4)cc3)C2=O)ccc1OCCN(C)S(=O)(=O)CC(C)C. The van der Waals surface area contributed by atoms with E-state index in [9.17, 15) is 13.2 Å². The number of amides is 1. The number of likely N-dealkylation sites (N-methyl/N-ethyl adjacent to an activating group) is 1. The van der Waals surface area contributed by atoms with E-state index in [1.54, 1.807) is 24.1 Å². The smallest absolute Gasteiger partial charge is 0.268 e. The first-order chi connectivity index (χ1) is 17.2. The lowest BCUT2D eigenvalue weighted by Crippen LogP contribution is -2.34. The normalized spacial score (nSPS) is 18.2. The lowest BCUT2D eigenvalue weighted by atomic mass is 10.1. The molecule has 36 heavy (non-hydrogen) atoms. The van der Waals surface area contributed by atoms with Crippen LogP contribution in [-0.4, -0.2) is 64.3 Å². The molecular formula is C27H36N2O6S. The van der Waals surface area contributed by atoms with Crippen LogP contribution in [0.5, 0.6) is 17.2 Å². The van der Waals surface area contributed by atoms with Gasteiger partial charge >= 0.3 is 0 Å². The minimum absolute atomic E-state index is 0.0529. The van der Waals surface area contributed by atoms with Crippen molar-refractivity contribution in [1.82, 2.24) is 4.31 Å². The van der Waals surface area contributed by atoms with Gasteiger partial charge in [0.2, 0.25) is 10.0 Å². The molecule has 0 aromatic heterocycles. The van der Waals surface area contributed by atoms with Crippen LogP contribution in [0.4, 0.5) is 5.69 Å². The van der Waals surface area contributed by atoms with Crippen molar-refractivity contribution in [3.63, 3.8) is 0 Å². The summed E-state index contributed by atoms with van der Waals surface area (Å²) in [6.07, 6.45) is 2.57. The fourth-order valence-electron chi connectivity index (χ4n) is 4.33. The van der Waals surface area contributed by atoms with Crippen LogP contribution >= 0.6 is 0 Å². The zero-order valence-electron chi connectivity index (χ0n) is 21.5. The van der Waals surface area contributed by atoms with E-state index in [0.29, 0.717) is 41.8 Å². The molecule has 4 rings (SSSR count). The first-order valence-electron chi connectivity index (χ1n) is 12.5. The number of nitrogens with zero attached hydrogens (tertiary/aromatic N) is 2. The molecule has 196 valence electrons. The molecule has 9 heteroatoms. The molecule has 1 aliphatic heterocycles. The number of sulfonamides is 1. The number of carbonyl (C=O) groups is 1. The number of hydrogen-bond donors (Lipinski definition) is 0. The van der Waals surface area contributed by atoms with E-state index in [0.717, 1.165) is 0 Å². The van der Waals surface area contributed by atoms with Gasteiger partial charge in [0, 0.05) is 38.3 Å². The van der Waals surface area contributed by atoms with Crippen molar-refractivity contribution in [2.75, 3.05) is 44.5 Å². The first kappa shape index (κ1) is 26.3. The summed E-state index contributed by atoms with van der Waals surface area (Å²) in [5.74, 6) is 2.43. The highest BCUT2D eigenvalue weighted by Crippen LogP contribution is 2.40. The molecule has 1 saturated carbocycles. The van der Waals surface area contributed by atoms with E-state index < -0.39 is 16.1 Å². The Hall–Kier alpha value is -2.78. The summed E-state index contributed by atoms with van der Waals surface area (Å²) in [7, 11) is -0.227. The van der Waals surface area contributed by atoms with Gasteiger partial charge in [0.25, 0.3) is 5.91 Å². The van der Waals surface area contributed by atoms with Gasteiger partial charge in [-0.2, -0.15) is 0 Å². The Morgan fingerprint density at radius 3 is 2.42 bits per heavy atom. The molecule has 1 saturated heterocycles. The largest absolute Gasteiger partial charge is 0.493 e. The Morgan fingerprint density at radius 2 is 1.78 bits per heavy atom. The Kier molecular flexibility index (Phi) is 8.10. The van der Waals surface area contributed by atoms with Gasteiger partial charge in [0.15, 0.2) is 17.6 Å². The Balaban J connectivity index is 1.34. The molecule has 1 amide bonds. The summed E-state index contributed by atoms with van der Waals surface area (Å²) in [5, 5.41) is 0. The number of benzene rings is 2. The van der Waals surface area contributed by atoms with Crippen molar-refractivity contribution < 1.29 is 27.4 Å². The molecular weight excluding hydrogens is 480 g/mol. The van der Waals surface area contributed by atoms with Gasteiger partial charge in [0.1, 0.15) is 12.4 Å². The standard InChI is InChI=1S/C27H36N2O6S/c1-19(2)18-36(31,32)28(3)15-16-34-24-12-9-22(17-26(24)33-4)29-14-13-25(27(29)30)35-23-10-7-21(8-11-23)20-5-6-20/h7-12,17,19-20,25H,5-6,13-16,18H2,1-4H3/t25-/m0/s1. The highest BCUT2D eigenvalue weighted by Gasteiger charge is 2.35. The van der Waals surface area contributed by atoms with Gasteiger partial charge in [-0.05, 0) is 54.5 Å². The molecule has 0 radical (unpaired) electrons. The number of ether oxygens (including phenoxy) is 3. The lowest BCUT2D eigenvalue weighted by molar-refractivity contribution is -0.122. The minimum atomic E-state index is -3.32. The molecule has 1 aliphatic carbocycles. The lowest BCUT2D eigenvalue weighted by Gasteiger charge is -2.21. The summed E-state index contributed by atoms with van der Waals surface area (Å²) >= 11 is 0. The van der Waals surface area contributed by atoms with E-state index in [4.69, 9.17) is 14.2 Å². The molecule has 1 atom stereocenters. The maximum absolute atomic E-state index is 13.1. The summed E-state index contributed by atoms with van der Waals surface area (Å²) < 4.78 is 43.2. The maximum Gasteiger partial charge on any atom is 0.268 e. The van der Waals surface area contributed by atoms with E-state index in [2.05, 4.69) is 12.1 Å². The van der Waals surface area contributed by atoms with Crippen molar-refractivity contribution >= 4 is 21.6 Å². The van der Waals surface area contributed by atoms with Crippen LogP contribution in [0.2, 0.25) is 0 Å². The number of rotatable bonds is 12. The molecule has 2 fully saturated rings. The van der Waals surface area contributed by atoms with Gasteiger partial charge < -0.3 is 19.1 Å². The third-order valence-corrected chi connectivity index (χ3v) is 8.73. The van der Waals surface area contributed by atoms with Crippen LogP contribution in [0.3, 0.4) is 0 Å². The molecule has 0 N–H and O–H groups in total. The average Bonchev–Trinajstić information content (AvgIpc) is 3.63. The van der Waals surface area contributed by atoms with Crippen molar-refractivity contribution in [2.45, 2.75) is 45.1 Å². The van der Waals surface area contributed by atoms with Crippen LogP contribution in [0.15, 0.2) is 42.5 Å². The predicted octanol–water partition coefficient (Wildman–Crippen LogP) is 4.05. The Labute approximate surface area is 214 Å². The monoisotopic (exact) mass is 516 g/mol. The molecule has 0 unspecified atom stereocenters. The van der Waals surface area contributed by atoms with Crippen molar-refractivity contribution in [2.24, 2.45) is 5.92 Å². The Bertz CT molecular complexity index is 1160. The summed E-state index contributed by atoms with van der Waals surface area (Å²) in [6, 6.07) is 13.4. The molecule has 0 bridgehead atoms. The number of methoxy groups -OCH3 is 1. The van der Waals surface area contributed by atoms with Crippen molar-refractivity contribution in [3.05, 3.63) is 48.0 Å². The van der Waals surface area contributed by atoms with Gasteiger partial charge in [-0.3, -0.25) is 4.79 Å². The topological polar surface area (TPSA) is 85.4 Å². The first-order valence-corrected chi connectivity index (χ1v) is 14.1. The number of anilines is 1. The van der Waals surface area contributed by atoms with E-state index in [1.807, 2.05) is 32.0 Å². The summed E-state index contributed by atoms with van der Waals surface area (Å²) in [4.78, 5) is 14.8. The molecule has 8 nitrogen and oxygen atoms in total. The molecule has 1 heterocycles. The van der Waals surface area contributed by atoms with Gasteiger partial charge in [0.05, 0.1) is 12.9 Å². The van der Waals surface area contributed by atoms with Crippen LogP contribution in [0.1, 0.15) is 44.6 Å². The third kappa shape index (κ3) is 6.31. The maximum atomic E-state index is 13.1. The summed E-state index contributed by atoms with van der Waals surface area (Å²) in [6.45, 7) is 4.71. The van der Waals surface area contributed by atoms with Gasteiger partial charge in [-0.1, -0.05) is 26.0 Å². The zero-order valence-corrected chi connectivity index (χ0v) is 22.3. The van der Waals surface area contributed by atoms with Crippen LogP contribution < -0.4 is 19.1 Å². The minimum Gasteiger partial charge on any atom is -0.493 e. The van der Waals surface area contributed by atoms with Crippen LogP contribution in [0.25, 0.3) is 0 Å². The Morgan fingerprint density at radius 1 is 1.06 bits per heavy atom. The molecule has 2 aromatic rings. The highest BCUT2D eigenvalue weighted by atomic mass is 32.2. The second-order valence-electron chi connectivity index (χ2n) is 9.91. The second-order valence-corrected chi connectivity index (χ2v) is 12.0. The highest BCUT2D eigenvalue weighted by molar-refractivity contribution is 7.89. The fraction of sp³-hybridized carbons (Fsp3) is 0.519. The second kappa shape index (κ2) is 11.1. The summed E-state index contributed by atoms with van der Waals surface area (Å²) in [5.41, 5.74) is 2.04. The molecule has 0 spiro atoms. The average molecular weight is 517 g/mol.